The molecule has 1 aliphatic heterocycles. The van der Waals surface area contributed by atoms with Gasteiger partial charge in [0.15, 0.2) is 0 Å². The first kappa shape index (κ1) is 22.5. The van der Waals surface area contributed by atoms with Crippen molar-refractivity contribution in [3.05, 3.63) is 30.1 Å². The highest BCUT2D eigenvalue weighted by Gasteiger charge is 2.36. The van der Waals surface area contributed by atoms with Crippen LogP contribution in [0, 0.1) is 6.92 Å². The fourth-order valence-electron chi connectivity index (χ4n) is 3.42. The van der Waals surface area contributed by atoms with Crippen molar-refractivity contribution >= 4 is 20.0 Å². The Hall–Kier alpha value is -2.15. The second-order valence-corrected chi connectivity index (χ2v) is 10.5. The summed E-state index contributed by atoms with van der Waals surface area (Å²) >= 11 is 0. The van der Waals surface area contributed by atoms with E-state index in [0.29, 0.717) is 18.0 Å². The molecule has 0 spiro atoms. The maximum Gasteiger partial charge on any atom is 0.246 e. The van der Waals surface area contributed by atoms with Crippen LogP contribution in [0.5, 0.6) is 11.5 Å². The lowest BCUT2D eigenvalue weighted by Gasteiger charge is -2.33. The summed E-state index contributed by atoms with van der Waals surface area (Å²) in [7, 11) is -4.80. The number of sulfonamides is 2. The number of ether oxygens (including phenoxy) is 2. The van der Waals surface area contributed by atoms with Gasteiger partial charge in [-0.25, -0.2) is 16.8 Å². The second-order valence-electron chi connectivity index (χ2n) is 6.73. The molecule has 0 saturated carbocycles. The molecule has 166 valence electrons. The van der Waals surface area contributed by atoms with E-state index in [0.717, 1.165) is 0 Å². The van der Waals surface area contributed by atoms with Crippen molar-refractivity contribution in [1.29, 1.82) is 0 Å². The molecular weight excluding hydrogens is 432 g/mol. The quantitative estimate of drug-likeness (QED) is 0.607. The number of rotatable bonds is 7. The number of nitrogens with zero attached hydrogens (tertiary/aromatic N) is 4. The van der Waals surface area contributed by atoms with E-state index in [4.69, 9.17) is 9.47 Å². The third kappa shape index (κ3) is 3.92. The van der Waals surface area contributed by atoms with Gasteiger partial charge in [-0.1, -0.05) is 0 Å². The van der Waals surface area contributed by atoms with Crippen LogP contribution in [0.15, 0.2) is 34.2 Å². The van der Waals surface area contributed by atoms with Crippen LogP contribution < -0.4 is 9.47 Å². The van der Waals surface area contributed by atoms with Crippen molar-refractivity contribution in [3.63, 3.8) is 0 Å². The first-order chi connectivity index (χ1) is 14.2. The van der Waals surface area contributed by atoms with E-state index in [9.17, 15) is 16.8 Å². The highest BCUT2D eigenvalue weighted by molar-refractivity contribution is 7.89. The van der Waals surface area contributed by atoms with E-state index in [1.54, 1.807) is 17.7 Å². The first-order valence-corrected chi connectivity index (χ1v) is 12.3. The lowest BCUT2D eigenvalue weighted by molar-refractivity contribution is 0.271. The van der Waals surface area contributed by atoms with E-state index < -0.39 is 20.0 Å². The Morgan fingerprint density at radius 3 is 1.97 bits per heavy atom. The smallest absolute Gasteiger partial charge is 0.246 e. The monoisotopic (exact) mass is 458 g/mol. The highest BCUT2D eigenvalue weighted by Crippen LogP contribution is 2.31. The average molecular weight is 459 g/mol. The van der Waals surface area contributed by atoms with Crippen LogP contribution in [0.2, 0.25) is 0 Å². The van der Waals surface area contributed by atoms with Crippen molar-refractivity contribution in [3.8, 4) is 11.5 Å². The third-order valence-electron chi connectivity index (χ3n) is 5.16. The van der Waals surface area contributed by atoms with Crippen molar-refractivity contribution in [2.24, 2.45) is 0 Å². The van der Waals surface area contributed by atoms with Crippen molar-refractivity contribution in [2.75, 3.05) is 40.4 Å². The van der Waals surface area contributed by atoms with Crippen molar-refractivity contribution < 1.29 is 26.3 Å². The number of aromatic nitrogens is 2. The molecule has 0 N–H and O–H groups in total. The summed E-state index contributed by atoms with van der Waals surface area (Å²) in [6, 6.07) is 4.54. The molecule has 10 nitrogen and oxygen atoms in total. The largest absolute Gasteiger partial charge is 0.497 e. The molecule has 3 rings (SSSR count). The normalized spacial score (nSPS) is 16.5. The third-order valence-corrected chi connectivity index (χ3v) is 9.08. The molecule has 0 unspecified atom stereocenters. The summed E-state index contributed by atoms with van der Waals surface area (Å²) in [5.41, 5.74) is 0.564. The van der Waals surface area contributed by atoms with Crippen molar-refractivity contribution in [1.82, 2.24) is 18.4 Å². The van der Waals surface area contributed by atoms with Crippen LogP contribution in [-0.4, -0.2) is 75.6 Å². The Morgan fingerprint density at radius 2 is 1.50 bits per heavy atom. The molecule has 0 radical (unpaired) electrons. The molecule has 1 aromatic heterocycles. The minimum atomic E-state index is -3.89. The molecule has 2 heterocycles. The van der Waals surface area contributed by atoms with Gasteiger partial charge in [0.1, 0.15) is 21.3 Å². The molecule has 30 heavy (non-hydrogen) atoms. The van der Waals surface area contributed by atoms with Crippen LogP contribution in [0.25, 0.3) is 0 Å². The number of methoxy groups -OCH3 is 2. The van der Waals surface area contributed by atoms with E-state index in [1.807, 2.05) is 6.92 Å². The summed E-state index contributed by atoms with van der Waals surface area (Å²) in [5, 5.41) is 4.10. The molecule has 1 fully saturated rings. The fourth-order valence-corrected chi connectivity index (χ4v) is 6.59. The lowest BCUT2D eigenvalue weighted by atomic mass is 10.3. The molecule has 1 saturated heterocycles. The Bertz CT molecular complexity index is 1120. The fraction of sp³-hybridized carbons (Fsp3) is 0.500. The lowest BCUT2D eigenvalue weighted by Crippen LogP contribution is -2.50. The van der Waals surface area contributed by atoms with Gasteiger partial charge >= 0.3 is 0 Å². The van der Waals surface area contributed by atoms with E-state index in [1.165, 1.54) is 41.2 Å². The highest BCUT2D eigenvalue weighted by atomic mass is 32.2. The predicted octanol–water partition coefficient (Wildman–Crippen LogP) is 0.924. The number of aryl methyl sites for hydroxylation is 1. The maximum atomic E-state index is 13.2. The minimum Gasteiger partial charge on any atom is -0.497 e. The summed E-state index contributed by atoms with van der Waals surface area (Å²) in [6.45, 7) is 4.31. The zero-order valence-corrected chi connectivity index (χ0v) is 19.0. The van der Waals surface area contributed by atoms with Crippen LogP contribution in [-0.2, 0) is 26.6 Å². The zero-order chi connectivity index (χ0) is 22.1. The van der Waals surface area contributed by atoms with E-state index >= 15 is 0 Å². The SMILES string of the molecule is CCn1ncc(S(=O)(=O)N2CCN(S(=O)(=O)c3cc(OC)ccc3OC)CC2)c1C. The zero-order valence-electron chi connectivity index (χ0n) is 17.4. The number of piperazine rings is 1. The van der Waals surface area contributed by atoms with Gasteiger partial charge in [0.05, 0.1) is 26.1 Å². The molecule has 0 atom stereocenters. The van der Waals surface area contributed by atoms with Gasteiger partial charge in [-0.05, 0) is 26.0 Å². The summed E-state index contributed by atoms with van der Waals surface area (Å²) in [6.07, 6.45) is 1.35. The van der Waals surface area contributed by atoms with Crippen LogP contribution in [0.1, 0.15) is 12.6 Å². The summed E-state index contributed by atoms with van der Waals surface area (Å²) in [5.74, 6) is 0.590. The molecule has 1 aromatic carbocycles. The Labute approximate surface area is 177 Å². The van der Waals surface area contributed by atoms with Crippen LogP contribution in [0.4, 0.5) is 0 Å². The molecular formula is C18H26N4O6S2. The van der Waals surface area contributed by atoms with E-state index in [2.05, 4.69) is 5.10 Å². The first-order valence-electron chi connectivity index (χ1n) is 9.41. The van der Waals surface area contributed by atoms with Gasteiger partial charge in [-0.3, -0.25) is 4.68 Å². The Morgan fingerprint density at radius 1 is 0.933 bits per heavy atom. The Kier molecular flexibility index (Phi) is 6.41. The topological polar surface area (TPSA) is 111 Å². The molecule has 0 bridgehead atoms. The number of benzene rings is 1. The van der Waals surface area contributed by atoms with Crippen LogP contribution in [0.3, 0.4) is 0 Å². The van der Waals surface area contributed by atoms with Gasteiger partial charge in [0.2, 0.25) is 20.0 Å². The molecule has 12 heteroatoms. The number of hydrogen-bond donors (Lipinski definition) is 0. The van der Waals surface area contributed by atoms with Gasteiger partial charge in [-0.2, -0.15) is 13.7 Å². The summed E-state index contributed by atoms with van der Waals surface area (Å²) in [4.78, 5) is 0.135. The average Bonchev–Trinajstić information content (AvgIpc) is 3.14. The molecule has 2 aromatic rings. The number of hydrogen-bond acceptors (Lipinski definition) is 7. The van der Waals surface area contributed by atoms with Crippen molar-refractivity contribution in [2.45, 2.75) is 30.2 Å². The second kappa shape index (κ2) is 8.53. The minimum absolute atomic E-state index is 0.0132. The molecule has 1 aliphatic rings. The van der Waals surface area contributed by atoms with Gasteiger partial charge in [0.25, 0.3) is 0 Å². The van der Waals surface area contributed by atoms with Gasteiger partial charge in [-0.15, -0.1) is 0 Å². The van der Waals surface area contributed by atoms with Gasteiger partial charge in [0, 0.05) is 38.8 Å². The molecule has 0 aliphatic carbocycles. The van der Waals surface area contributed by atoms with Crippen LogP contribution >= 0.6 is 0 Å². The molecule has 0 amide bonds. The predicted molar refractivity (Wildman–Crippen MR) is 110 cm³/mol. The maximum absolute atomic E-state index is 13.2. The standard InChI is InChI=1S/C18H26N4O6S2/c1-5-22-14(2)18(13-19-22)30(25,26)21-10-8-20(9-11-21)29(23,24)17-12-15(27-3)6-7-16(17)28-4/h6-7,12-13H,5,8-11H2,1-4H3. The summed E-state index contributed by atoms with van der Waals surface area (Å²) < 4.78 is 66.9. The van der Waals surface area contributed by atoms with E-state index in [-0.39, 0.29) is 41.7 Å². The Balaban J connectivity index is 1.82. The van der Waals surface area contributed by atoms with Gasteiger partial charge < -0.3 is 9.47 Å².